The molecule has 3 rings (SSSR count). The summed E-state index contributed by atoms with van der Waals surface area (Å²) in [5.41, 5.74) is 0. The van der Waals surface area contributed by atoms with Crippen molar-refractivity contribution in [1.82, 2.24) is 10.3 Å². The van der Waals surface area contributed by atoms with E-state index in [-0.39, 0.29) is 35.9 Å². The van der Waals surface area contributed by atoms with Gasteiger partial charge in [0.25, 0.3) is 5.91 Å². The molecule has 3 heterocycles. The molecule has 126 valence electrons. The number of amides is 2. The zero-order chi connectivity index (χ0) is 16.9. The first-order valence-corrected chi connectivity index (χ1v) is 8.21. The van der Waals surface area contributed by atoms with Crippen LogP contribution in [-0.4, -0.2) is 58.1 Å². The Balaban J connectivity index is 1.54. The van der Waals surface area contributed by atoms with E-state index in [1.54, 1.807) is 12.1 Å². The summed E-state index contributed by atoms with van der Waals surface area (Å²) in [5, 5.41) is 17.4. The highest BCUT2D eigenvalue weighted by Gasteiger charge is 2.35. The molecule has 0 fully saturated rings. The van der Waals surface area contributed by atoms with Gasteiger partial charge in [-0.1, -0.05) is 11.8 Å². The third-order valence-corrected chi connectivity index (χ3v) is 4.11. The van der Waals surface area contributed by atoms with Crippen LogP contribution in [0.2, 0.25) is 0 Å². The van der Waals surface area contributed by atoms with Crippen LogP contribution in [0.3, 0.4) is 0 Å². The van der Waals surface area contributed by atoms with Crippen molar-refractivity contribution in [1.29, 1.82) is 0 Å². The lowest BCUT2D eigenvalue weighted by atomic mass is 10.1. The SMILES string of the molecule is O=C(CSC1=NC(=O)C2C=NN(CCO)C2=N1)NCc1ccco1. The summed E-state index contributed by atoms with van der Waals surface area (Å²) in [7, 11) is 0. The van der Waals surface area contributed by atoms with Crippen molar-refractivity contribution in [2.24, 2.45) is 21.0 Å². The van der Waals surface area contributed by atoms with Crippen molar-refractivity contribution in [3.63, 3.8) is 0 Å². The lowest BCUT2D eigenvalue weighted by Crippen LogP contribution is -2.35. The van der Waals surface area contributed by atoms with Gasteiger partial charge in [0.2, 0.25) is 5.91 Å². The monoisotopic (exact) mass is 349 g/mol. The van der Waals surface area contributed by atoms with Crippen LogP contribution in [0, 0.1) is 5.92 Å². The van der Waals surface area contributed by atoms with E-state index in [9.17, 15) is 9.59 Å². The minimum absolute atomic E-state index is 0.0785. The van der Waals surface area contributed by atoms with Gasteiger partial charge in [0, 0.05) is 6.21 Å². The number of amidine groups is 2. The van der Waals surface area contributed by atoms with E-state index in [2.05, 4.69) is 20.4 Å². The van der Waals surface area contributed by atoms with Crippen LogP contribution in [0.4, 0.5) is 0 Å². The lowest BCUT2D eigenvalue weighted by Gasteiger charge is -2.19. The number of nitrogens with one attached hydrogen (secondary N) is 1. The molecule has 2 N–H and O–H groups in total. The van der Waals surface area contributed by atoms with Gasteiger partial charge >= 0.3 is 0 Å². The highest BCUT2D eigenvalue weighted by atomic mass is 32.2. The quantitative estimate of drug-likeness (QED) is 0.736. The first kappa shape index (κ1) is 16.4. The minimum Gasteiger partial charge on any atom is -0.467 e. The van der Waals surface area contributed by atoms with Crippen molar-refractivity contribution >= 4 is 40.8 Å². The zero-order valence-electron chi connectivity index (χ0n) is 12.6. The van der Waals surface area contributed by atoms with Gasteiger partial charge in [-0.25, -0.2) is 10.0 Å². The number of furan rings is 1. The van der Waals surface area contributed by atoms with Crippen molar-refractivity contribution in [2.45, 2.75) is 6.54 Å². The Morgan fingerprint density at radius 3 is 3.08 bits per heavy atom. The number of β-amino-alcohol motifs (C(OH)–C–C–N with tert-alkyl or cyclic N) is 1. The van der Waals surface area contributed by atoms with Crippen molar-refractivity contribution in [2.75, 3.05) is 18.9 Å². The Bertz CT molecular complexity index is 713. The summed E-state index contributed by atoms with van der Waals surface area (Å²) >= 11 is 1.07. The third kappa shape index (κ3) is 3.71. The summed E-state index contributed by atoms with van der Waals surface area (Å²) in [6, 6.07) is 3.51. The van der Waals surface area contributed by atoms with Crippen LogP contribution < -0.4 is 5.32 Å². The number of carbonyl (C=O) groups excluding carboxylic acids is 2. The zero-order valence-corrected chi connectivity index (χ0v) is 13.4. The number of hydrazone groups is 1. The lowest BCUT2D eigenvalue weighted by molar-refractivity contribution is -0.119. The van der Waals surface area contributed by atoms with E-state index in [1.165, 1.54) is 17.5 Å². The average molecular weight is 349 g/mol. The molecule has 0 aromatic carbocycles. The van der Waals surface area contributed by atoms with Gasteiger partial charge in [0.05, 0.1) is 31.7 Å². The van der Waals surface area contributed by atoms with Crippen LogP contribution in [0.1, 0.15) is 5.76 Å². The van der Waals surface area contributed by atoms with Crippen LogP contribution in [0.25, 0.3) is 0 Å². The number of aliphatic hydroxyl groups is 1. The number of aliphatic hydroxyl groups excluding tert-OH is 1. The summed E-state index contributed by atoms with van der Waals surface area (Å²) in [5.74, 6) is -0.0261. The normalized spacial score (nSPS) is 19.1. The molecule has 0 saturated carbocycles. The topological polar surface area (TPSA) is 120 Å². The maximum absolute atomic E-state index is 12.0. The van der Waals surface area contributed by atoms with E-state index < -0.39 is 5.92 Å². The molecule has 0 spiro atoms. The second-order valence-corrected chi connectivity index (χ2v) is 5.88. The Morgan fingerprint density at radius 1 is 1.46 bits per heavy atom. The molecule has 2 aliphatic heterocycles. The van der Waals surface area contributed by atoms with Gasteiger partial charge in [0.1, 0.15) is 17.5 Å². The van der Waals surface area contributed by atoms with Crippen LogP contribution in [0.15, 0.2) is 37.9 Å². The molecular weight excluding hydrogens is 334 g/mol. The smallest absolute Gasteiger partial charge is 0.264 e. The van der Waals surface area contributed by atoms with Crippen LogP contribution >= 0.6 is 11.8 Å². The molecular formula is C14H15N5O4S. The summed E-state index contributed by atoms with van der Waals surface area (Å²) in [4.78, 5) is 32.0. The van der Waals surface area contributed by atoms with Gasteiger partial charge in [0.15, 0.2) is 5.17 Å². The molecule has 10 heteroatoms. The summed E-state index contributed by atoms with van der Waals surface area (Å²) in [6.07, 6.45) is 2.99. The van der Waals surface area contributed by atoms with Gasteiger partial charge in [-0.05, 0) is 12.1 Å². The average Bonchev–Trinajstić information content (AvgIpc) is 3.22. The number of carbonyl (C=O) groups is 2. The Kier molecular flexibility index (Phi) is 5.06. The molecule has 2 amide bonds. The number of rotatable bonds is 6. The molecule has 1 aromatic rings. The third-order valence-electron chi connectivity index (χ3n) is 3.26. The number of aliphatic imine (C=N–C) groups is 2. The van der Waals surface area contributed by atoms with E-state index in [0.717, 1.165) is 11.8 Å². The number of nitrogens with zero attached hydrogens (tertiary/aromatic N) is 4. The summed E-state index contributed by atoms with van der Waals surface area (Å²) < 4.78 is 5.12. The first-order chi connectivity index (χ1) is 11.7. The van der Waals surface area contributed by atoms with E-state index in [4.69, 9.17) is 9.52 Å². The van der Waals surface area contributed by atoms with E-state index >= 15 is 0 Å². The van der Waals surface area contributed by atoms with E-state index in [1.807, 2.05) is 0 Å². The maximum atomic E-state index is 12.0. The van der Waals surface area contributed by atoms with Gasteiger partial charge in [-0.3, -0.25) is 9.59 Å². The standard InChI is InChI=1S/C14H15N5O4S/c20-4-3-19-12-10(7-16-19)13(22)18-14(17-12)24-8-11(21)15-6-9-2-1-5-23-9/h1-2,5,7,10,20H,3-4,6,8H2,(H,15,21). The predicted molar refractivity (Wildman–Crippen MR) is 88.7 cm³/mol. The molecule has 1 atom stereocenters. The van der Waals surface area contributed by atoms with Crippen LogP contribution in [0.5, 0.6) is 0 Å². The Morgan fingerprint density at radius 2 is 2.33 bits per heavy atom. The molecule has 9 nitrogen and oxygen atoms in total. The molecule has 24 heavy (non-hydrogen) atoms. The van der Waals surface area contributed by atoms with Crippen LogP contribution in [-0.2, 0) is 16.1 Å². The Labute approximate surface area is 141 Å². The van der Waals surface area contributed by atoms with Crippen molar-refractivity contribution in [3.8, 4) is 0 Å². The highest BCUT2D eigenvalue weighted by Crippen LogP contribution is 2.21. The molecule has 2 aliphatic rings. The van der Waals surface area contributed by atoms with Crippen molar-refractivity contribution < 1.29 is 19.1 Å². The van der Waals surface area contributed by atoms with E-state index in [0.29, 0.717) is 18.1 Å². The molecule has 1 unspecified atom stereocenters. The fourth-order valence-corrected chi connectivity index (χ4v) is 2.81. The molecule has 0 aliphatic carbocycles. The first-order valence-electron chi connectivity index (χ1n) is 7.23. The van der Waals surface area contributed by atoms with Gasteiger partial charge in [-0.15, -0.1) is 0 Å². The maximum Gasteiger partial charge on any atom is 0.264 e. The number of thioether (sulfide) groups is 1. The number of hydrogen-bond donors (Lipinski definition) is 2. The Hall–Kier alpha value is -2.46. The number of hydrogen-bond acceptors (Lipinski definition) is 8. The molecule has 0 saturated heterocycles. The summed E-state index contributed by atoms with van der Waals surface area (Å²) in [6.45, 7) is 0.444. The fraction of sp³-hybridized carbons (Fsp3) is 0.357. The highest BCUT2D eigenvalue weighted by molar-refractivity contribution is 8.14. The second kappa shape index (κ2) is 7.41. The van der Waals surface area contributed by atoms with Gasteiger partial charge < -0.3 is 14.8 Å². The second-order valence-electron chi connectivity index (χ2n) is 4.94. The predicted octanol–water partition coefficient (Wildman–Crippen LogP) is -0.166. The number of fused-ring (bicyclic) bond motifs is 1. The molecule has 1 aromatic heterocycles. The largest absolute Gasteiger partial charge is 0.467 e. The fourth-order valence-electron chi connectivity index (χ4n) is 2.13. The molecule has 0 bridgehead atoms. The minimum atomic E-state index is -0.603. The van der Waals surface area contributed by atoms with Crippen molar-refractivity contribution in [3.05, 3.63) is 24.2 Å². The molecule has 0 radical (unpaired) electrons. The van der Waals surface area contributed by atoms with Gasteiger partial charge in [-0.2, -0.15) is 10.1 Å².